The van der Waals surface area contributed by atoms with Crippen LogP contribution in [0.1, 0.15) is 43.7 Å². The van der Waals surface area contributed by atoms with E-state index < -0.39 is 0 Å². The summed E-state index contributed by atoms with van der Waals surface area (Å²) >= 11 is 0. The van der Waals surface area contributed by atoms with Gasteiger partial charge in [-0.1, -0.05) is 86.8 Å². The van der Waals surface area contributed by atoms with Crippen molar-refractivity contribution in [1.29, 1.82) is 0 Å². The number of unbranched alkanes of at least 4 members (excludes halogenated alkanes) is 3. The minimum atomic E-state index is 0.140. The highest BCUT2D eigenvalue weighted by molar-refractivity contribution is 6.15. The molecule has 3 aromatic carbocycles. The van der Waals surface area contributed by atoms with Crippen LogP contribution >= 0.6 is 0 Å². The fraction of sp³-hybridized carbons (Fsp3) is 0.259. The summed E-state index contributed by atoms with van der Waals surface area (Å²) in [6.07, 6.45) is 4.59. The summed E-state index contributed by atoms with van der Waals surface area (Å²) in [4.78, 5) is 4.83. The number of ether oxygens (including phenoxy) is 1. The normalized spacial score (nSPS) is 13.5. The fourth-order valence-electron chi connectivity index (χ4n) is 3.64. The first-order valence-electron chi connectivity index (χ1n) is 11.2. The van der Waals surface area contributed by atoms with Gasteiger partial charge in [0.05, 0.1) is 18.9 Å². The topological polar surface area (TPSA) is 57.4 Å². The molecular weight excluding hydrogens is 398 g/mol. The molecule has 0 unspecified atom stereocenters. The number of phenols is 1. The third-order valence-corrected chi connectivity index (χ3v) is 5.39. The quantitative estimate of drug-likeness (QED) is 0.425. The number of aliphatic imine (C=N–C) groups is 1. The Bertz CT molecular complexity index is 1080. The van der Waals surface area contributed by atoms with Gasteiger partial charge in [-0.25, -0.2) is 4.99 Å². The molecule has 0 bridgehead atoms. The summed E-state index contributed by atoms with van der Waals surface area (Å²) < 4.78 is 5.82. The lowest BCUT2D eigenvalue weighted by atomic mass is 10.1. The molecule has 0 saturated carbocycles. The van der Waals surface area contributed by atoms with Crippen molar-refractivity contribution >= 4 is 17.2 Å². The number of benzene rings is 3. The molecule has 1 aliphatic rings. The van der Waals surface area contributed by atoms with E-state index in [0.717, 1.165) is 29.7 Å². The van der Waals surface area contributed by atoms with Gasteiger partial charge >= 0.3 is 0 Å². The monoisotopic (exact) mass is 427 g/mol. The molecule has 1 heterocycles. The molecule has 4 rings (SSSR count). The molecule has 0 atom stereocenters. The van der Waals surface area contributed by atoms with E-state index in [1.165, 1.54) is 12.8 Å². The summed E-state index contributed by atoms with van der Waals surface area (Å²) in [6, 6.07) is 25.4. The maximum absolute atomic E-state index is 10.8. The summed E-state index contributed by atoms with van der Waals surface area (Å²) in [5.74, 6) is 1.43. The average molecular weight is 428 g/mol. The Morgan fingerprint density at radius 2 is 1.59 bits per heavy atom. The minimum absolute atomic E-state index is 0.140. The first kappa shape index (κ1) is 21.6. The van der Waals surface area contributed by atoms with Gasteiger partial charge in [0.25, 0.3) is 0 Å². The van der Waals surface area contributed by atoms with Gasteiger partial charge in [-0.15, -0.1) is 0 Å². The summed E-state index contributed by atoms with van der Waals surface area (Å²) in [5.41, 5.74) is 3.49. The van der Waals surface area contributed by atoms with Crippen LogP contribution in [-0.4, -0.2) is 29.8 Å². The first-order valence-corrected chi connectivity index (χ1v) is 11.2. The van der Waals surface area contributed by atoms with Gasteiger partial charge in [-0.05, 0) is 24.1 Å². The number of anilines is 1. The number of hydrazone groups is 1. The van der Waals surface area contributed by atoms with E-state index in [1.807, 2.05) is 72.8 Å². The van der Waals surface area contributed by atoms with E-state index in [1.54, 1.807) is 11.1 Å². The van der Waals surface area contributed by atoms with E-state index >= 15 is 0 Å². The molecule has 0 saturated heterocycles. The van der Waals surface area contributed by atoms with Crippen molar-refractivity contribution in [2.75, 3.05) is 18.2 Å². The molecule has 3 aromatic rings. The van der Waals surface area contributed by atoms with Gasteiger partial charge in [0.2, 0.25) is 0 Å². The molecule has 1 N–H and O–H groups in total. The average Bonchev–Trinajstić information content (AvgIpc) is 2.85. The molecule has 32 heavy (non-hydrogen) atoms. The van der Waals surface area contributed by atoms with Crippen LogP contribution in [0.5, 0.6) is 11.5 Å². The van der Waals surface area contributed by atoms with Gasteiger partial charge in [0.15, 0.2) is 5.84 Å². The Kier molecular flexibility index (Phi) is 7.18. The third kappa shape index (κ3) is 5.35. The van der Waals surface area contributed by atoms with Crippen molar-refractivity contribution in [3.8, 4) is 11.5 Å². The van der Waals surface area contributed by atoms with Crippen molar-refractivity contribution in [3.05, 3.63) is 90.0 Å². The molecule has 0 spiro atoms. The molecule has 0 aromatic heterocycles. The van der Waals surface area contributed by atoms with Gasteiger partial charge in [0, 0.05) is 11.6 Å². The van der Waals surface area contributed by atoms with E-state index in [2.05, 4.69) is 6.92 Å². The van der Waals surface area contributed by atoms with Gasteiger partial charge in [0.1, 0.15) is 17.2 Å². The maximum Gasteiger partial charge on any atom is 0.179 e. The highest BCUT2D eigenvalue weighted by Gasteiger charge is 2.21. The SMILES string of the molecule is CCCCCCOc1ccc(N2CC(c3ccccc3)=NC(c3ccccc3)=N2)c(O)c1. The van der Waals surface area contributed by atoms with Crippen LogP contribution < -0.4 is 9.75 Å². The van der Waals surface area contributed by atoms with Crippen LogP contribution in [0.25, 0.3) is 0 Å². The van der Waals surface area contributed by atoms with Crippen molar-refractivity contribution in [2.45, 2.75) is 32.6 Å². The number of amidine groups is 1. The molecule has 0 aliphatic carbocycles. The standard InChI is InChI=1S/C27H29N3O2/c1-2-3-4-11-18-32-23-16-17-25(26(31)19-23)30-20-24(21-12-7-5-8-13-21)28-27(29-30)22-14-9-6-10-15-22/h5-10,12-17,19,31H,2-4,11,18,20H2,1H3. The highest BCUT2D eigenvalue weighted by Crippen LogP contribution is 2.33. The number of hydrogen-bond acceptors (Lipinski definition) is 5. The predicted molar refractivity (Wildman–Crippen MR) is 131 cm³/mol. The maximum atomic E-state index is 10.8. The number of aromatic hydroxyl groups is 1. The van der Waals surface area contributed by atoms with Gasteiger partial charge in [-0.2, -0.15) is 5.10 Å². The predicted octanol–water partition coefficient (Wildman–Crippen LogP) is 6.02. The zero-order valence-corrected chi connectivity index (χ0v) is 18.4. The van der Waals surface area contributed by atoms with E-state index in [9.17, 15) is 5.11 Å². The van der Waals surface area contributed by atoms with Crippen LogP contribution in [0.2, 0.25) is 0 Å². The molecule has 0 fully saturated rings. The zero-order chi connectivity index (χ0) is 22.2. The largest absolute Gasteiger partial charge is 0.506 e. The smallest absolute Gasteiger partial charge is 0.179 e. The Morgan fingerprint density at radius 3 is 2.28 bits per heavy atom. The molecular formula is C27H29N3O2. The Morgan fingerprint density at radius 1 is 0.875 bits per heavy atom. The second kappa shape index (κ2) is 10.6. The molecule has 1 aliphatic heterocycles. The number of phenolic OH excluding ortho intramolecular Hbond substituents is 1. The second-order valence-electron chi connectivity index (χ2n) is 7.83. The van der Waals surface area contributed by atoms with Crippen molar-refractivity contribution in [1.82, 2.24) is 0 Å². The third-order valence-electron chi connectivity index (χ3n) is 5.39. The van der Waals surface area contributed by atoms with Crippen molar-refractivity contribution < 1.29 is 9.84 Å². The molecule has 164 valence electrons. The second-order valence-corrected chi connectivity index (χ2v) is 7.83. The Hall–Kier alpha value is -3.60. The lowest BCUT2D eigenvalue weighted by molar-refractivity contribution is 0.303. The summed E-state index contributed by atoms with van der Waals surface area (Å²) in [7, 11) is 0. The summed E-state index contributed by atoms with van der Waals surface area (Å²) in [5, 5.41) is 17.3. The minimum Gasteiger partial charge on any atom is -0.506 e. The molecule has 5 heteroatoms. The number of nitrogens with zero attached hydrogens (tertiary/aromatic N) is 3. The molecule has 0 radical (unpaired) electrons. The zero-order valence-electron chi connectivity index (χ0n) is 18.4. The van der Waals surface area contributed by atoms with Crippen LogP contribution in [0.15, 0.2) is 89.0 Å². The van der Waals surface area contributed by atoms with Crippen LogP contribution in [0.4, 0.5) is 5.69 Å². The molecule has 0 amide bonds. The number of rotatable bonds is 9. The van der Waals surface area contributed by atoms with Crippen molar-refractivity contribution in [2.24, 2.45) is 10.1 Å². The van der Waals surface area contributed by atoms with Crippen molar-refractivity contribution in [3.63, 3.8) is 0 Å². The van der Waals surface area contributed by atoms with Crippen LogP contribution in [0.3, 0.4) is 0 Å². The van der Waals surface area contributed by atoms with Crippen LogP contribution in [-0.2, 0) is 0 Å². The summed E-state index contributed by atoms with van der Waals surface area (Å²) in [6.45, 7) is 3.31. The van der Waals surface area contributed by atoms with Gasteiger partial charge < -0.3 is 9.84 Å². The molecule has 5 nitrogen and oxygen atoms in total. The Labute approximate surface area is 189 Å². The number of hydrogen-bond donors (Lipinski definition) is 1. The van der Waals surface area contributed by atoms with E-state index in [4.69, 9.17) is 14.8 Å². The van der Waals surface area contributed by atoms with E-state index in [-0.39, 0.29) is 5.75 Å². The Balaban J connectivity index is 1.58. The highest BCUT2D eigenvalue weighted by atomic mass is 16.5. The lowest BCUT2D eigenvalue weighted by Crippen LogP contribution is -2.31. The lowest BCUT2D eigenvalue weighted by Gasteiger charge is -2.26. The van der Waals surface area contributed by atoms with Gasteiger partial charge in [-0.3, -0.25) is 5.01 Å². The first-order chi connectivity index (χ1) is 15.7. The van der Waals surface area contributed by atoms with Crippen LogP contribution in [0, 0.1) is 0 Å². The fourth-order valence-corrected chi connectivity index (χ4v) is 3.64. The van der Waals surface area contributed by atoms with E-state index in [0.29, 0.717) is 30.4 Å².